The number of aromatic nitrogens is 1. The number of rotatable bonds is 5. The van der Waals surface area contributed by atoms with Crippen LogP contribution in [0.15, 0.2) is 39.7 Å². The molecule has 0 amide bonds. The molecule has 0 aromatic carbocycles. The predicted molar refractivity (Wildman–Crippen MR) is 98.8 cm³/mol. The van der Waals surface area contributed by atoms with Crippen molar-refractivity contribution in [1.82, 2.24) is 10.3 Å². The van der Waals surface area contributed by atoms with Gasteiger partial charge < -0.3 is 5.32 Å². The third-order valence-electron chi connectivity index (χ3n) is 3.50. The Balaban J connectivity index is 1.70. The molecular weight excluding hydrogens is 328 g/mol. The highest BCUT2D eigenvalue weighted by Gasteiger charge is 2.26. The summed E-state index contributed by atoms with van der Waals surface area (Å²) in [5.74, 6) is 0. The topological polar surface area (TPSA) is 24.9 Å². The Morgan fingerprint density at radius 2 is 2.00 bits per heavy atom. The van der Waals surface area contributed by atoms with Gasteiger partial charge in [0.2, 0.25) is 0 Å². The van der Waals surface area contributed by atoms with Crippen molar-refractivity contribution in [2.75, 3.05) is 0 Å². The van der Waals surface area contributed by atoms with Gasteiger partial charge in [0.15, 0.2) is 0 Å². The summed E-state index contributed by atoms with van der Waals surface area (Å²) in [6, 6.07) is 6.81. The van der Waals surface area contributed by atoms with Crippen LogP contribution in [-0.2, 0) is 6.54 Å². The molecule has 116 valence electrons. The van der Waals surface area contributed by atoms with E-state index in [9.17, 15) is 0 Å². The summed E-state index contributed by atoms with van der Waals surface area (Å²) in [5, 5.41) is 13.4. The maximum atomic E-state index is 4.75. The second-order valence-corrected chi connectivity index (χ2v) is 8.97. The summed E-state index contributed by atoms with van der Waals surface area (Å²) in [7, 11) is 0. The van der Waals surface area contributed by atoms with E-state index in [0.29, 0.717) is 6.04 Å². The number of nitrogens with one attached hydrogen (secondary N) is 1. The lowest BCUT2D eigenvalue weighted by atomic mass is 9.86. The SMILES string of the molecule is CC(C)(C)[C@H](NCc1csc(-c2ccsc2)n1)c1cccs1. The highest BCUT2D eigenvalue weighted by molar-refractivity contribution is 7.14. The first-order chi connectivity index (χ1) is 10.5. The van der Waals surface area contributed by atoms with Gasteiger partial charge in [-0.2, -0.15) is 11.3 Å². The predicted octanol–water partition coefficient (Wildman–Crippen LogP) is 5.81. The van der Waals surface area contributed by atoms with Gasteiger partial charge in [0, 0.05) is 33.8 Å². The summed E-state index contributed by atoms with van der Waals surface area (Å²) < 4.78 is 0. The number of nitrogens with zero attached hydrogens (tertiary/aromatic N) is 1. The molecule has 3 aromatic rings. The molecule has 5 heteroatoms. The zero-order chi connectivity index (χ0) is 15.6. The smallest absolute Gasteiger partial charge is 0.124 e. The normalized spacial score (nSPS) is 13.4. The molecule has 0 bridgehead atoms. The Hall–Kier alpha value is -1.01. The van der Waals surface area contributed by atoms with Crippen LogP contribution in [0.5, 0.6) is 0 Å². The van der Waals surface area contributed by atoms with Crippen LogP contribution < -0.4 is 5.32 Å². The molecule has 3 rings (SSSR count). The third kappa shape index (κ3) is 3.66. The Bertz CT molecular complexity index is 691. The summed E-state index contributed by atoms with van der Waals surface area (Å²) in [5.41, 5.74) is 2.53. The van der Waals surface area contributed by atoms with Crippen LogP contribution >= 0.6 is 34.0 Å². The highest BCUT2D eigenvalue weighted by Crippen LogP contribution is 2.35. The zero-order valence-corrected chi connectivity index (χ0v) is 15.4. The zero-order valence-electron chi connectivity index (χ0n) is 13.0. The van der Waals surface area contributed by atoms with Crippen molar-refractivity contribution in [3.05, 3.63) is 50.3 Å². The van der Waals surface area contributed by atoms with Crippen LogP contribution in [0.3, 0.4) is 0 Å². The minimum absolute atomic E-state index is 0.178. The quantitative estimate of drug-likeness (QED) is 0.629. The van der Waals surface area contributed by atoms with E-state index in [-0.39, 0.29) is 5.41 Å². The molecule has 0 aliphatic heterocycles. The molecular formula is C17H20N2S3. The number of hydrogen-bond donors (Lipinski definition) is 1. The van der Waals surface area contributed by atoms with E-state index in [1.54, 1.807) is 22.7 Å². The molecule has 1 atom stereocenters. The van der Waals surface area contributed by atoms with E-state index in [2.05, 4.69) is 65.8 Å². The summed E-state index contributed by atoms with van der Waals surface area (Å²) >= 11 is 5.26. The Labute approximate surface area is 143 Å². The average molecular weight is 349 g/mol. The van der Waals surface area contributed by atoms with E-state index in [1.807, 2.05) is 11.3 Å². The Morgan fingerprint density at radius 3 is 2.64 bits per heavy atom. The van der Waals surface area contributed by atoms with Crippen molar-refractivity contribution < 1.29 is 0 Å². The second kappa shape index (κ2) is 6.62. The van der Waals surface area contributed by atoms with Crippen molar-refractivity contribution in [3.63, 3.8) is 0 Å². The fourth-order valence-corrected chi connectivity index (χ4v) is 4.98. The molecule has 0 saturated carbocycles. The molecule has 0 aliphatic rings. The first-order valence-electron chi connectivity index (χ1n) is 7.28. The van der Waals surface area contributed by atoms with Crippen LogP contribution in [0, 0.1) is 5.41 Å². The second-order valence-electron chi connectivity index (χ2n) is 6.35. The molecule has 0 radical (unpaired) electrons. The van der Waals surface area contributed by atoms with Crippen LogP contribution in [-0.4, -0.2) is 4.98 Å². The van der Waals surface area contributed by atoms with Crippen LogP contribution in [0.4, 0.5) is 0 Å². The van der Waals surface area contributed by atoms with Crippen molar-refractivity contribution in [2.24, 2.45) is 5.41 Å². The van der Waals surface area contributed by atoms with Gasteiger partial charge in [-0.05, 0) is 28.3 Å². The van der Waals surface area contributed by atoms with E-state index >= 15 is 0 Å². The first kappa shape index (κ1) is 15.9. The Morgan fingerprint density at radius 1 is 1.14 bits per heavy atom. The van der Waals surface area contributed by atoms with E-state index < -0.39 is 0 Å². The molecule has 22 heavy (non-hydrogen) atoms. The van der Waals surface area contributed by atoms with Crippen LogP contribution in [0.25, 0.3) is 10.6 Å². The lowest BCUT2D eigenvalue weighted by Crippen LogP contribution is -2.31. The maximum absolute atomic E-state index is 4.75. The van der Waals surface area contributed by atoms with Gasteiger partial charge in [-0.3, -0.25) is 0 Å². The Kier molecular flexibility index (Phi) is 4.78. The standard InChI is InChI=1S/C17H20N2S3/c1-17(2,3)15(14-5-4-7-21-14)18-9-13-11-22-16(19-13)12-6-8-20-10-12/h4-8,10-11,15,18H,9H2,1-3H3/t15-/m1/s1. The van der Waals surface area contributed by atoms with E-state index in [4.69, 9.17) is 4.98 Å². The molecule has 0 fully saturated rings. The molecule has 2 nitrogen and oxygen atoms in total. The molecule has 3 heterocycles. The first-order valence-corrected chi connectivity index (χ1v) is 9.98. The molecule has 3 aromatic heterocycles. The minimum Gasteiger partial charge on any atom is -0.303 e. The molecule has 0 saturated heterocycles. The molecule has 1 N–H and O–H groups in total. The molecule has 0 unspecified atom stereocenters. The van der Waals surface area contributed by atoms with Gasteiger partial charge >= 0.3 is 0 Å². The minimum atomic E-state index is 0.178. The summed E-state index contributed by atoms with van der Waals surface area (Å²) in [6.45, 7) is 7.65. The molecule has 0 aliphatic carbocycles. The van der Waals surface area contributed by atoms with Crippen molar-refractivity contribution in [2.45, 2.75) is 33.4 Å². The summed E-state index contributed by atoms with van der Waals surface area (Å²) in [4.78, 5) is 6.14. The lowest BCUT2D eigenvalue weighted by molar-refractivity contribution is 0.274. The largest absolute Gasteiger partial charge is 0.303 e. The van der Waals surface area contributed by atoms with Gasteiger partial charge in [-0.15, -0.1) is 22.7 Å². The fraction of sp³-hybridized carbons (Fsp3) is 0.353. The summed E-state index contributed by atoms with van der Waals surface area (Å²) in [6.07, 6.45) is 0. The monoisotopic (exact) mass is 348 g/mol. The number of hydrogen-bond acceptors (Lipinski definition) is 5. The third-order valence-corrected chi connectivity index (χ3v) is 6.06. The van der Waals surface area contributed by atoms with E-state index in [1.165, 1.54) is 10.4 Å². The highest BCUT2D eigenvalue weighted by atomic mass is 32.1. The van der Waals surface area contributed by atoms with Crippen LogP contribution in [0.2, 0.25) is 0 Å². The average Bonchev–Trinajstić information content (AvgIpc) is 3.20. The van der Waals surface area contributed by atoms with Crippen molar-refractivity contribution in [3.8, 4) is 10.6 Å². The van der Waals surface area contributed by atoms with Crippen LogP contribution in [0.1, 0.15) is 37.4 Å². The van der Waals surface area contributed by atoms with Gasteiger partial charge in [0.25, 0.3) is 0 Å². The van der Waals surface area contributed by atoms with E-state index in [0.717, 1.165) is 17.2 Å². The van der Waals surface area contributed by atoms with Gasteiger partial charge in [0.05, 0.1) is 5.69 Å². The van der Waals surface area contributed by atoms with Crippen molar-refractivity contribution in [1.29, 1.82) is 0 Å². The number of thiophene rings is 2. The number of thiazole rings is 1. The lowest BCUT2D eigenvalue weighted by Gasteiger charge is -2.30. The molecule has 0 spiro atoms. The van der Waals surface area contributed by atoms with Gasteiger partial charge in [-0.25, -0.2) is 4.98 Å². The fourth-order valence-electron chi connectivity index (χ4n) is 2.40. The maximum Gasteiger partial charge on any atom is 0.124 e. The van der Waals surface area contributed by atoms with Crippen molar-refractivity contribution >= 4 is 34.0 Å². The van der Waals surface area contributed by atoms with Gasteiger partial charge in [0.1, 0.15) is 5.01 Å². The van der Waals surface area contributed by atoms with Gasteiger partial charge in [-0.1, -0.05) is 26.8 Å².